The molecule has 0 radical (unpaired) electrons. The molecule has 2 unspecified atom stereocenters. The predicted octanol–water partition coefficient (Wildman–Crippen LogP) is 2.17. The maximum Gasteiger partial charge on any atom is 0.195 e. The SMILES string of the molecule is COC12C=CC(=O)CC1c1ccccc1CO2. The summed E-state index contributed by atoms with van der Waals surface area (Å²) in [5, 5.41) is 0. The van der Waals surface area contributed by atoms with Gasteiger partial charge in [0, 0.05) is 19.4 Å². The molecule has 2 atom stereocenters. The molecule has 0 bridgehead atoms. The van der Waals surface area contributed by atoms with Gasteiger partial charge >= 0.3 is 0 Å². The fourth-order valence-corrected chi connectivity index (χ4v) is 2.68. The lowest BCUT2D eigenvalue weighted by atomic mass is 9.78. The summed E-state index contributed by atoms with van der Waals surface area (Å²) < 4.78 is 11.4. The van der Waals surface area contributed by atoms with Crippen LogP contribution in [-0.2, 0) is 20.9 Å². The second-order valence-electron chi connectivity index (χ2n) is 4.47. The topological polar surface area (TPSA) is 35.5 Å². The van der Waals surface area contributed by atoms with Gasteiger partial charge in [0.25, 0.3) is 0 Å². The highest BCUT2D eigenvalue weighted by atomic mass is 16.7. The van der Waals surface area contributed by atoms with Gasteiger partial charge in [0.1, 0.15) is 0 Å². The summed E-state index contributed by atoms with van der Waals surface area (Å²) in [7, 11) is 1.63. The predicted molar refractivity (Wildman–Crippen MR) is 62.5 cm³/mol. The average Bonchev–Trinajstić information content (AvgIpc) is 2.39. The lowest BCUT2D eigenvalue weighted by Crippen LogP contribution is -2.45. The van der Waals surface area contributed by atoms with Gasteiger partial charge in [0.15, 0.2) is 11.6 Å². The molecule has 3 nitrogen and oxygen atoms in total. The van der Waals surface area contributed by atoms with Crippen molar-refractivity contribution in [3.05, 3.63) is 47.5 Å². The first-order valence-electron chi connectivity index (χ1n) is 5.74. The third-order valence-corrected chi connectivity index (χ3v) is 3.60. The van der Waals surface area contributed by atoms with Gasteiger partial charge in [-0.25, -0.2) is 0 Å². The van der Waals surface area contributed by atoms with Crippen LogP contribution in [0.2, 0.25) is 0 Å². The van der Waals surface area contributed by atoms with Crippen molar-refractivity contribution in [1.82, 2.24) is 0 Å². The van der Waals surface area contributed by atoms with Crippen LogP contribution in [0.1, 0.15) is 23.5 Å². The maximum atomic E-state index is 11.6. The second-order valence-corrected chi connectivity index (χ2v) is 4.47. The summed E-state index contributed by atoms with van der Waals surface area (Å²) in [4.78, 5) is 11.6. The van der Waals surface area contributed by atoms with Crippen LogP contribution in [0.25, 0.3) is 0 Å². The van der Waals surface area contributed by atoms with Gasteiger partial charge in [-0.15, -0.1) is 0 Å². The van der Waals surface area contributed by atoms with Gasteiger partial charge in [-0.05, 0) is 23.3 Å². The molecule has 1 aliphatic carbocycles. The Bertz CT molecular complexity index is 492. The first kappa shape index (κ1) is 10.7. The molecule has 3 rings (SSSR count). The Balaban J connectivity index is 2.12. The van der Waals surface area contributed by atoms with E-state index < -0.39 is 5.79 Å². The van der Waals surface area contributed by atoms with Crippen molar-refractivity contribution >= 4 is 5.78 Å². The molecule has 0 amide bonds. The zero-order valence-corrected chi connectivity index (χ0v) is 9.68. The van der Waals surface area contributed by atoms with Crippen molar-refractivity contribution < 1.29 is 14.3 Å². The van der Waals surface area contributed by atoms with Crippen molar-refractivity contribution in [2.45, 2.75) is 24.7 Å². The van der Waals surface area contributed by atoms with Crippen LogP contribution in [0.3, 0.4) is 0 Å². The lowest BCUT2D eigenvalue weighted by molar-refractivity contribution is -0.220. The standard InChI is InChI=1S/C14H14O3/c1-16-14-7-6-11(15)8-13(14)12-5-3-2-4-10(12)9-17-14/h2-7,13H,8-9H2,1H3. The molecular formula is C14H14O3. The Morgan fingerprint density at radius 2 is 2.24 bits per heavy atom. The molecule has 2 aliphatic rings. The van der Waals surface area contributed by atoms with Crippen LogP contribution in [0.4, 0.5) is 0 Å². The molecule has 1 aromatic rings. The van der Waals surface area contributed by atoms with E-state index in [-0.39, 0.29) is 11.7 Å². The van der Waals surface area contributed by atoms with Gasteiger partial charge in [0.2, 0.25) is 0 Å². The Morgan fingerprint density at radius 1 is 1.41 bits per heavy atom. The van der Waals surface area contributed by atoms with E-state index in [1.807, 2.05) is 18.2 Å². The molecule has 0 spiro atoms. The summed E-state index contributed by atoms with van der Waals surface area (Å²) >= 11 is 0. The van der Waals surface area contributed by atoms with Crippen LogP contribution in [0.15, 0.2) is 36.4 Å². The summed E-state index contributed by atoms with van der Waals surface area (Å²) in [5.74, 6) is -0.666. The minimum Gasteiger partial charge on any atom is -0.349 e. The molecule has 3 heteroatoms. The Labute approximate surface area is 100 Å². The number of allylic oxidation sites excluding steroid dienone is 1. The van der Waals surface area contributed by atoms with Crippen LogP contribution in [0, 0.1) is 0 Å². The summed E-state index contributed by atoms with van der Waals surface area (Å²) in [6.45, 7) is 0.527. The first-order chi connectivity index (χ1) is 8.25. The quantitative estimate of drug-likeness (QED) is 0.741. The Hall–Kier alpha value is -1.45. The third kappa shape index (κ3) is 1.54. The molecule has 17 heavy (non-hydrogen) atoms. The normalized spacial score (nSPS) is 30.9. The van der Waals surface area contributed by atoms with Crippen molar-refractivity contribution in [2.24, 2.45) is 0 Å². The van der Waals surface area contributed by atoms with E-state index >= 15 is 0 Å². The lowest BCUT2D eigenvalue weighted by Gasteiger charge is -2.43. The third-order valence-electron chi connectivity index (χ3n) is 3.60. The average molecular weight is 230 g/mol. The molecule has 0 aromatic heterocycles. The number of hydrogen-bond acceptors (Lipinski definition) is 3. The highest BCUT2D eigenvalue weighted by molar-refractivity contribution is 5.91. The van der Waals surface area contributed by atoms with Gasteiger partial charge in [-0.2, -0.15) is 0 Å². The number of methoxy groups -OCH3 is 1. The van der Waals surface area contributed by atoms with Gasteiger partial charge < -0.3 is 9.47 Å². The number of rotatable bonds is 1. The molecule has 1 aliphatic heterocycles. The Morgan fingerprint density at radius 3 is 3.06 bits per heavy atom. The molecule has 1 aromatic carbocycles. The minimum atomic E-state index is -0.762. The van der Waals surface area contributed by atoms with Crippen LogP contribution >= 0.6 is 0 Å². The maximum absolute atomic E-state index is 11.6. The van der Waals surface area contributed by atoms with Crippen LogP contribution < -0.4 is 0 Å². The number of fused-ring (bicyclic) bond motifs is 3. The number of carbonyl (C=O) groups excluding carboxylic acids is 1. The van der Waals surface area contributed by atoms with Crippen molar-refractivity contribution in [1.29, 1.82) is 0 Å². The fraction of sp³-hybridized carbons (Fsp3) is 0.357. The molecule has 0 fully saturated rings. The van der Waals surface area contributed by atoms with E-state index in [9.17, 15) is 4.79 Å². The number of ketones is 1. The molecule has 0 N–H and O–H groups in total. The molecule has 0 saturated carbocycles. The van der Waals surface area contributed by atoms with Crippen LogP contribution in [-0.4, -0.2) is 18.7 Å². The van der Waals surface area contributed by atoms with Crippen molar-refractivity contribution in [3.63, 3.8) is 0 Å². The monoisotopic (exact) mass is 230 g/mol. The molecule has 1 heterocycles. The van der Waals surface area contributed by atoms with Gasteiger partial charge in [-0.1, -0.05) is 24.3 Å². The van der Waals surface area contributed by atoms with E-state index in [4.69, 9.17) is 9.47 Å². The molecule has 88 valence electrons. The molecular weight excluding hydrogens is 216 g/mol. The smallest absolute Gasteiger partial charge is 0.195 e. The van der Waals surface area contributed by atoms with E-state index in [0.717, 1.165) is 5.56 Å². The first-order valence-corrected chi connectivity index (χ1v) is 5.74. The zero-order valence-electron chi connectivity index (χ0n) is 9.68. The van der Waals surface area contributed by atoms with Gasteiger partial charge in [-0.3, -0.25) is 4.79 Å². The number of ether oxygens (including phenoxy) is 2. The van der Waals surface area contributed by atoms with Crippen molar-refractivity contribution in [2.75, 3.05) is 7.11 Å². The summed E-state index contributed by atoms with van der Waals surface area (Å²) in [5.41, 5.74) is 2.31. The van der Waals surface area contributed by atoms with E-state index in [1.54, 1.807) is 19.3 Å². The highest BCUT2D eigenvalue weighted by Gasteiger charge is 2.45. The minimum absolute atomic E-state index is 0.0325. The van der Waals surface area contributed by atoms with E-state index in [2.05, 4.69) is 6.07 Å². The Kier molecular flexibility index (Phi) is 2.38. The summed E-state index contributed by atoms with van der Waals surface area (Å²) in [6, 6.07) is 8.08. The number of hydrogen-bond donors (Lipinski definition) is 0. The number of benzene rings is 1. The van der Waals surface area contributed by atoms with E-state index in [1.165, 1.54) is 5.56 Å². The largest absolute Gasteiger partial charge is 0.349 e. The van der Waals surface area contributed by atoms with Crippen LogP contribution in [0.5, 0.6) is 0 Å². The fourth-order valence-electron chi connectivity index (χ4n) is 2.68. The zero-order chi connectivity index (χ0) is 11.9. The second kappa shape index (κ2) is 3.79. The molecule has 0 saturated heterocycles. The van der Waals surface area contributed by atoms with Crippen molar-refractivity contribution in [3.8, 4) is 0 Å². The number of carbonyl (C=O) groups is 1. The highest BCUT2D eigenvalue weighted by Crippen LogP contribution is 2.44. The summed E-state index contributed by atoms with van der Waals surface area (Å²) in [6.07, 6.45) is 3.76. The van der Waals surface area contributed by atoms with Gasteiger partial charge in [0.05, 0.1) is 6.61 Å². The van der Waals surface area contributed by atoms with E-state index in [0.29, 0.717) is 13.0 Å².